The van der Waals surface area contributed by atoms with Gasteiger partial charge in [0.05, 0.1) is 6.20 Å². The van der Waals surface area contributed by atoms with Crippen LogP contribution in [0.5, 0.6) is 0 Å². The molecule has 0 amide bonds. The zero-order valence-electron chi connectivity index (χ0n) is 9.61. The Bertz CT molecular complexity index is 679. The Morgan fingerprint density at radius 2 is 2.21 bits per heavy atom. The molecule has 0 aliphatic rings. The lowest BCUT2D eigenvalue weighted by atomic mass is 10.2. The number of nitrogens with zero attached hydrogens (tertiary/aromatic N) is 1. The van der Waals surface area contributed by atoms with Gasteiger partial charge in [-0.2, -0.15) is 0 Å². The lowest BCUT2D eigenvalue weighted by Gasteiger charge is -2.06. The van der Waals surface area contributed by atoms with Gasteiger partial charge in [0.2, 0.25) is 10.0 Å². The highest BCUT2D eigenvalue weighted by Crippen LogP contribution is 2.22. The van der Waals surface area contributed by atoms with Gasteiger partial charge in [-0.15, -0.1) is 0 Å². The molecule has 0 unspecified atom stereocenters. The summed E-state index contributed by atoms with van der Waals surface area (Å²) in [6, 6.07) is 6.38. The number of hydrogen-bond acceptors (Lipinski definition) is 5. The fourth-order valence-electron chi connectivity index (χ4n) is 1.47. The normalized spacial score (nSPS) is 11.2. The first-order chi connectivity index (χ1) is 8.96. The molecule has 0 saturated carbocycles. The summed E-state index contributed by atoms with van der Waals surface area (Å²) in [5, 5.41) is 8.49. The average molecular weight is 282 g/mol. The van der Waals surface area contributed by atoms with Crippen LogP contribution in [0.4, 0.5) is 5.69 Å². The summed E-state index contributed by atoms with van der Waals surface area (Å²) in [6.07, 6.45) is 2.75. The maximum absolute atomic E-state index is 11.5. The second-order valence-electron chi connectivity index (χ2n) is 3.70. The lowest BCUT2D eigenvalue weighted by Crippen LogP contribution is -2.22. The van der Waals surface area contributed by atoms with Crippen LogP contribution in [0.1, 0.15) is 0 Å². The van der Waals surface area contributed by atoms with Crippen molar-refractivity contribution in [2.45, 2.75) is 0 Å². The molecule has 0 bridgehead atoms. The fourth-order valence-corrected chi connectivity index (χ4v) is 2.36. The number of nitrogens with one attached hydrogen (secondary N) is 1. The molecule has 1 heterocycles. The first-order valence-corrected chi connectivity index (χ1v) is 6.83. The topological polar surface area (TPSA) is 110 Å². The summed E-state index contributed by atoms with van der Waals surface area (Å²) in [5.74, 6) is -1.92. The zero-order chi connectivity index (χ0) is 13.9. The minimum absolute atomic E-state index is 0.259. The number of carbonyl (C=O) groups is 1. The van der Waals surface area contributed by atoms with Crippen LogP contribution in [0, 0.1) is 0 Å². The van der Waals surface area contributed by atoms with E-state index in [9.17, 15) is 13.2 Å². The van der Waals surface area contributed by atoms with Crippen LogP contribution in [0.25, 0.3) is 11.3 Å². The summed E-state index contributed by atoms with van der Waals surface area (Å²) in [7, 11) is -3.92. The van der Waals surface area contributed by atoms with Crippen LogP contribution < -0.4 is 4.72 Å². The van der Waals surface area contributed by atoms with Gasteiger partial charge in [-0.25, -0.2) is 13.4 Å². The van der Waals surface area contributed by atoms with Gasteiger partial charge in [0.1, 0.15) is 0 Å². The maximum atomic E-state index is 11.5. The number of sulfonamides is 1. The Kier molecular flexibility index (Phi) is 3.52. The third-order valence-electron chi connectivity index (χ3n) is 2.17. The smallest absolute Gasteiger partial charge is 0.320 e. The van der Waals surface area contributed by atoms with E-state index >= 15 is 0 Å². The van der Waals surface area contributed by atoms with E-state index in [-0.39, 0.29) is 5.69 Å². The largest absolute Gasteiger partial charge is 0.480 e. The molecule has 1 aromatic heterocycles. The number of rotatable bonds is 5. The van der Waals surface area contributed by atoms with E-state index in [1.54, 1.807) is 12.1 Å². The fraction of sp³-hybridized carbons (Fsp3) is 0.0909. The van der Waals surface area contributed by atoms with E-state index < -0.39 is 21.7 Å². The van der Waals surface area contributed by atoms with E-state index in [0.29, 0.717) is 11.3 Å². The SMILES string of the molecule is O=C(O)CS(=O)(=O)Nc1cccc(-c2cnco2)c1. The predicted octanol–water partition coefficient (Wildman–Crippen LogP) is 1.17. The Labute approximate surface area is 108 Å². The quantitative estimate of drug-likeness (QED) is 0.851. The molecule has 0 spiro atoms. The van der Waals surface area contributed by atoms with Crippen LogP contribution in [-0.2, 0) is 14.8 Å². The summed E-state index contributed by atoms with van der Waals surface area (Å²) in [5.41, 5.74) is 0.892. The molecule has 19 heavy (non-hydrogen) atoms. The third-order valence-corrected chi connectivity index (χ3v) is 3.34. The molecule has 1 aromatic carbocycles. The van der Waals surface area contributed by atoms with Crippen molar-refractivity contribution in [3.63, 3.8) is 0 Å². The number of anilines is 1. The van der Waals surface area contributed by atoms with Gasteiger partial charge in [-0.05, 0) is 12.1 Å². The van der Waals surface area contributed by atoms with Gasteiger partial charge in [-0.3, -0.25) is 9.52 Å². The first-order valence-electron chi connectivity index (χ1n) is 5.17. The van der Waals surface area contributed by atoms with E-state index in [1.165, 1.54) is 24.7 Å². The van der Waals surface area contributed by atoms with Crippen molar-refractivity contribution in [3.8, 4) is 11.3 Å². The molecule has 8 heteroatoms. The summed E-state index contributed by atoms with van der Waals surface area (Å²) in [6.45, 7) is 0. The standard InChI is InChI=1S/C11H10N2O5S/c14-11(15)6-19(16,17)13-9-3-1-2-8(4-9)10-5-12-7-18-10/h1-5,7,13H,6H2,(H,14,15). The maximum Gasteiger partial charge on any atom is 0.320 e. The molecule has 0 saturated heterocycles. The summed E-state index contributed by atoms with van der Waals surface area (Å²) < 4.78 is 30.2. The van der Waals surface area contributed by atoms with Gasteiger partial charge in [0.25, 0.3) is 0 Å². The monoisotopic (exact) mass is 282 g/mol. The molecule has 7 nitrogen and oxygen atoms in total. The number of carboxylic acid groups (broad SMARTS) is 1. The molecule has 100 valence electrons. The molecular formula is C11H10N2O5S. The molecule has 0 fully saturated rings. The highest BCUT2D eigenvalue weighted by Gasteiger charge is 2.15. The first kappa shape index (κ1) is 13.1. The summed E-state index contributed by atoms with van der Waals surface area (Å²) in [4.78, 5) is 14.2. The van der Waals surface area contributed by atoms with Crippen LogP contribution in [0.15, 0.2) is 41.3 Å². The molecule has 0 radical (unpaired) electrons. The summed E-state index contributed by atoms with van der Waals surface area (Å²) >= 11 is 0. The van der Waals surface area contributed by atoms with Crippen LogP contribution in [0.3, 0.4) is 0 Å². The number of hydrogen-bond donors (Lipinski definition) is 2. The number of benzene rings is 1. The molecular weight excluding hydrogens is 272 g/mol. The Balaban J connectivity index is 2.23. The van der Waals surface area contributed by atoms with E-state index in [1.807, 2.05) is 0 Å². The van der Waals surface area contributed by atoms with Crippen molar-refractivity contribution in [3.05, 3.63) is 36.9 Å². The minimum atomic E-state index is -3.92. The highest BCUT2D eigenvalue weighted by molar-refractivity contribution is 7.93. The Morgan fingerprint density at radius 3 is 2.84 bits per heavy atom. The molecule has 0 aliphatic heterocycles. The van der Waals surface area contributed by atoms with Crippen LogP contribution in [-0.4, -0.2) is 30.2 Å². The highest BCUT2D eigenvalue weighted by atomic mass is 32.2. The second kappa shape index (κ2) is 5.11. The molecule has 0 aliphatic carbocycles. The van der Waals surface area contributed by atoms with Crippen molar-refractivity contribution in [2.24, 2.45) is 0 Å². The van der Waals surface area contributed by atoms with Gasteiger partial charge in [0, 0.05) is 11.3 Å². The average Bonchev–Trinajstić information content (AvgIpc) is 2.79. The molecule has 0 atom stereocenters. The van der Waals surface area contributed by atoms with Crippen molar-refractivity contribution in [1.29, 1.82) is 0 Å². The second-order valence-corrected chi connectivity index (χ2v) is 5.42. The molecule has 2 rings (SSSR count). The number of aromatic nitrogens is 1. The number of carboxylic acids is 1. The van der Waals surface area contributed by atoms with Gasteiger partial charge >= 0.3 is 5.97 Å². The van der Waals surface area contributed by atoms with Crippen molar-refractivity contribution < 1.29 is 22.7 Å². The Morgan fingerprint density at radius 1 is 1.42 bits per heavy atom. The zero-order valence-corrected chi connectivity index (χ0v) is 10.4. The van der Waals surface area contributed by atoms with E-state index in [0.717, 1.165) is 0 Å². The van der Waals surface area contributed by atoms with Gasteiger partial charge in [0.15, 0.2) is 17.9 Å². The lowest BCUT2D eigenvalue weighted by molar-refractivity contribution is -0.134. The van der Waals surface area contributed by atoms with Crippen molar-refractivity contribution >= 4 is 21.7 Å². The van der Waals surface area contributed by atoms with Crippen LogP contribution in [0.2, 0.25) is 0 Å². The van der Waals surface area contributed by atoms with Crippen molar-refractivity contribution in [1.82, 2.24) is 4.98 Å². The minimum Gasteiger partial charge on any atom is -0.480 e. The van der Waals surface area contributed by atoms with E-state index in [2.05, 4.69) is 9.71 Å². The molecule has 2 aromatic rings. The van der Waals surface area contributed by atoms with Crippen LogP contribution >= 0.6 is 0 Å². The third kappa shape index (κ3) is 3.55. The number of aliphatic carboxylic acids is 1. The van der Waals surface area contributed by atoms with Gasteiger partial charge < -0.3 is 9.52 Å². The predicted molar refractivity (Wildman–Crippen MR) is 67.0 cm³/mol. The van der Waals surface area contributed by atoms with E-state index in [4.69, 9.17) is 9.52 Å². The van der Waals surface area contributed by atoms with Gasteiger partial charge in [-0.1, -0.05) is 12.1 Å². The van der Waals surface area contributed by atoms with Crippen molar-refractivity contribution in [2.75, 3.05) is 10.5 Å². The molecule has 2 N–H and O–H groups in total. The number of oxazole rings is 1. The Hall–Kier alpha value is -2.35.